The normalized spacial score (nSPS) is 11.8. The van der Waals surface area contributed by atoms with Crippen LogP contribution in [0.1, 0.15) is 17.2 Å². The molecule has 1 unspecified atom stereocenters. The Kier molecular flexibility index (Phi) is 5.37. The molecule has 0 amide bonds. The molecule has 140 valence electrons. The molecule has 0 aliphatic rings. The molecule has 0 saturated heterocycles. The zero-order valence-corrected chi connectivity index (χ0v) is 14.9. The van der Waals surface area contributed by atoms with Gasteiger partial charge in [-0.2, -0.15) is 5.10 Å². The summed E-state index contributed by atoms with van der Waals surface area (Å²) in [5.74, 6) is 0.646. The number of aromatic amines is 1. The van der Waals surface area contributed by atoms with E-state index in [0.29, 0.717) is 16.9 Å². The number of ether oxygens (including phenoxy) is 2. The Bertz CT molecular complexity index is 923. The van der Waals surface area contributed by atoms with E-state index in [1.807, 2.05) is 12.1 Å². The van der Waals surface area contributed by atoms with Gasteiger partial charge in [-0.3, -0.25) is 15.2 Å². The van der Waals surface area contributed by atoms with Gasteiger partial charge in [0.15, 0.2) is 11.5 Å². The quantitative estimate of drug-likeness (QED) is 0.488. The molecule has 2 N–H and O–H groups in total. The molecule has 0 aliphatic heterocycles. The van der Waals surface area contributed by atoms with Crippen LogP contribution in [-0.2, 0) is 6.42 Å². The molecule has 0 aliphatic carbocycles. The molecule has 3 aromatic rings. The lowest BCUT2D eigenvalue weighted by Gasteiger charge is -2.14. The Morgan fingerprint density at radius 2 is 1.81 bits per heavy atom. The van der Waals surface area contributed by atoms with Gasteiger partial charge in [0.05, 0.1) is 37.5 Å². The van der Waals surface area contributed by atoms with Gasteiger partial charge < -0.3 is 14.6 Å². The Hall–Kier alpha value is -3.39. The van der Waals surface area contributed by atoms with Crippen molar-refractivity contribution < 1.29 is 19.5 Å². The van der Waals surface area contributed by atoms with Gasteiger partial charge in [0.25, 0.3) is 5.69 Å². The summed E-state index contributed by atoms with van der Waals surface area (Å²) in [5.41, 5.74) is 2.79. The number of aliphatic hydroxyl groups is 1. The van der Waals surface area contributed by atoms with Crippen molar-refractivity contribution in [1.29, 1.82) is 0 Å². The Morgan fingerprint density at radius 3 is 2.37 bits per heavy atom. The molecule has 8 nitrogen and oxygen atoms in total. The maximum Gasteiger partial charge on any atom is 0.276 e. The molecule has 0 radical (unpaired) electrons. The summed E-state index contributed by atoms with van der Waals surface area (Å²) >= 11 is 0. The third-order valence-electron chi connectivity index (χ3n) is 4.32. The fraction of sp³-hybridized carbons (Fsp3) is 0.211. The van der Waals surface area contributed by atoms with Gasteiger partial charge in [-0.25, -0.2) is 0 Å². The van der Waals surface area contributed by atoms with Gasteiger partial charge in [-0.15, -0.1) is 0 Å². The summed E-state index contributed by atoms with van der Waals surface area (Å²) < 4.78 is 10.3. The van der Waals surface area contributed by atoms with Crippen molar-refractivity contribution in [2.45, 2.75) is 12.5 Å². The molecule has 1 heterocycles. The van der Waals surface area contributed by atoms with Gasteiger partial charge in [-0.1, -0.05) is 24.3 Å². The van der Waals surface area contributed by atoms with Gasteiger partial charge in [0.2, 0.25) is 0 Å². The molecule has 3 rings (SSSR count). The molecule has 2 aromatic carbocycles. The van der Waals surface area contributed by atoms with Crippen molar-refractivity contribution in [3.05, 3.63) is 70.0 Å². The van der Waals surface area contributed by atoms with Crippen LogP contribution >= 0.6 is 0 Å². The Labute approximate surface area is 155 Å². The number of aromatic nitrogens is 2. The van der Waals surface area contributed by atoms with Crippen molar-refractivity contribution in [3.8, 4) is 22.6 Å². The van der Waals surface area contributed by atoms with Crippen LogP contribution < -0.4 is 9.47 Å². The molecule has 1 atom stereocenters. The maximum atomic E-state index is 11.4. The van der Waals surface area contributed by atoms with Crippen molar-refractivity contribution in [3.63, 3.8) is 0 Å². The second kappa shape index (κ2) is 7.88. The van der Waals surface area contributed by atoms with Gasteiger partial charge in [0, 0.05) is 23.7 Å². The Balaban J connectivity index is 1.86. The molecule has 0 spiro atoms. The number of rotatable bonds is 7. The first-order valence-electron chi connectivity index (χ1n) is 8.20. The number of nitro groups is 1. The average Bonchev–Trinajstić information content (AvgIpc) is 3.22. The number of aliphatic hydroxyl groups excluding tert-OH is 1. The monoisotopic (exact) mass is 369 g/mol. The molecular weight excluding hydrogens is 350 g/mol. The fourth-order valence-corrected chi connectivity index (χ4v) is 2.88. The highest BCUT2D eigenvalue weighted by molar-refractivity contribution is 5.62. The van der Waals surface area contributed by atoms with Crippen LogP contribution in [0.25, 0.3) is 11.1 Å². The van der Waals surface area contributed by atoms with Crippen LogP contribution in [0.5, 0.6) is 11.5 Å². The largest absolute Gasteiger partial charge is 0.493 e. The van der Waals surface area contributed by atoms with E-state index in [1.165, 1.54) is 26.4 Å². The highest BCUT2D eigenvalue weighted by Gasteiger charge is 2.22. The number of methoxy groups -OCH3 is 2. The lowest BCUT2D eigenvalue weighted by atomic mass is 9.98. The third kappa shape index (κ3) is 3.90. The van der Waals surface area contributed by atoms with Crippen LogP contribution in [-0.4, -0.2) is 34.4 Å². The first kappa shape index (κ1) is 18.4. The second-order valence-electron chi connectivity index (χ2n) is 5.92. The fourth-order valence-electron chi connectivity index (χ4n) is 2.88. The summed E-state index contributed by atoms with van der Waals surface area (Å²) in [7, 11) is 2.87. The highest BCUT2D eigenvalue weighted by Crippen LogP contribution is 2.36. The molecule has 27 heavy (non-hydrogen) atoms. The third-order valence-corrected chi connectivity index (χ3v) is 4.32. The standard InChI is InChI=1S/C19H19N3O5/c1-26-18-8-14(16(22(24)25)9-19(18)27-2)7-17(23)13-5-3-12(4-6-13)15-10-20-21-11-15/h3-6,8-11,17,23H,7H2,1-2H3,(H,20,21). The number of nitrogens with one attached hydrogen (secondary N) is 1. The highest BCUT2D eigenvalue weighted by atomic mass is 16.6. The van der Waals surface area contributed by atoms with Gasteiger partial charge in [0.1, 0.15) is 0 Å². The van der Waals surface area contributed by atoms with Crippen LogP contribution in [0.4, 0.5) is 5.69 Å². The number of nitrogens with zero attached hydrogens (tertiary/aromatic N) is 2. The summed E-state index contributed by atoms with van der Waals surface area (Å²) in [4.78, 5) is 10.9. The predicted octanol–water partition coefficient (Wildman–Crippen LogP) is 3.28. The minimum absolute atomic E-state index is 0.0712. The van der Waals surface area contributed by atoms with Crippen LogP contribution in [0.3, 0.4) is 0 Å². The minimum Gasteiger partial charge on any atom is -0.493 e. The first-order valence-corrected chi connectivity index (χ1v) is 8.20. The predicted molar refractivity (Wildman–Crippen MR) is 98.9 cm³/mol. The van der Waals surface area contributed by atoms with E-state index in [2.05, 4.69) is 10.2 Å². The molecule has 8 heteroatoms. The summed E-state index contributed by atoms with van der Waals surface area (Å²) in [5, 5.41) is 28.6. The maximum absolute atomic E-state index is 11.4. The summed E-state index contributed by atoms with van der Waals surface area (Å²) in [6, 6.07) is 10.2. The smallest absolute Gasteiger partial charge is 0.276 e. The van der Waals surface area contributed by atoms with E-state index in [-0.39, 0.29) is 17.9 Å². The zero-order valence-electron chi connectivity index (χ0n) is 14.9. The number of benzene rings is 2. The van der Waals surface area contributed by atoms with Crippen molar-refractivity contribution in [2.24, 2.45) is 0 Å². The van der Waals surface area contributed by atoms with E-state index in [4.69, 9.17) is 9.47 Å². The SMILES string of the molecule is COc1cc(CC(O)c2ccc(-c3cn[nH]c3)cc2)c([N+](=O)[O-])cc1OC. The van der Waals surface area contributed by atoms with Crippen molar-refractivity contribution in [2.75, 3.05) is 14.2 Å². The van der Waals surface area contributed by atoms with Crippen molar-refractivity contribution in [1.82, 2.24) is 10.2 Å². The molecule has 0 bridgehead atoms. The minimum atomic E-state index is -0.903. The van der Waals surface area contributed by atoms with Crippen LogP contribution in [0.15, 0.2) is 48.8 Å². The molecule has 0 saturated carbocycles. The zero-order chi connectivity index (χ0) is 19.4. The van der Waals surface area contributed by atoms with Crippen molar-refractivity contribution >= 4 is 5.69 Å². The lowest BCUT2D eigenvalue weighted by Crippen LogP contribution is -2.05. The Morgan fingerprint density at radius 1 is 1.15 bits per heavy atom. The molecule has 1 aromatic heterocycles. The number of hydrogen-bond donors (Lipinski definition) is 2. The van der Waals surface area contributed by atoms with E-state index in [0.717, 1.165) is 11.1 Å². The number of hydrogen-bond acceptors (Lipinski definition) is 6. The van der Waals surface area contributed by atoms with E-state index >= 15 is 0 Å². The van der Waals surface area contributed by atoms with Gasteiger partial charge >= 0.3 is 0 Å². The van der Waals surface area contributed by atoms with Gasteiger partial charge in [-0.05, 0) is 17.2 Å². The average molecular weight is 369 g/mol. The molecular formula is C19H19N3O5. The topological polar surface area (TPSA) is 111 Å². The first-order chi connectivity index (χ1) is 13.0. The summed E-state index contributed by atoms with van der Waals surface area (Å²) in [6.45, 7) is 0. The van der Waals surface area contributed by atoms with E-state index < -0.39 is 11.0 Å². The van der Waals surface area contributed by atoms with E-state index in [9.17, 15) is 15.2 Å². The lowest BCUT2D eigenvalue weighted by molar-refractivity contribution is -0.385. The van der Waals surface area contributed by atoms with Crippen LogP contribution in [0, 0.1) is 10.1 Å². The molecule has 0 fully saturated rings. The van der Waals surface area contributed by atoms with Crippen LogP contribution in [0.2, 0.25) is 0 Å². The van der Waals surface area contributed by atoms with E-state index in [1.54, 1.807) is 24.5 Å². The number of nitro benzene ring substituents is 1. The summed E-state index contributed by atoms with van der Waals surface area (Å²) in [6.07, 6.45) is 2.65. The second-order valence-corrected chi connectivity index (χ2v) is 5.92. The number of H-pyrrole nitrogens is 1.